The van der Waals surface area contributed by atoms with Gasteiger partial charge in [-0.2, -0.15) is 0 Å². The van der Waals surface area contributed by atoms with Crippen LogP contribution in [0.2, 0.25) is 10.0 Å². The number of benzene rings is 1. The number of pyridine rings is 1. The molecule has 1 aromatic carbocycles. The second-order valence-electron chi connectivity index (χ2n) is 7.15. The van der Waals surface area contributed by atoms with E-state index in [1.165, 1.54) is 0 Å². The Bertz CT molecular complexity index is 949. The molecule has 1 N–H and O–H groups in total. The average molecular weight is 392 g/mol. The first kappa shape index (κ1) is 18.7. The first-order chi connectivity index (χ1) is 12.2. The summed E-state index contributed by atoms with van der Waals surface area (Å²) in [5, 5.41) is 10.4. The van der Waals surface area contributed by atoms with Gasteiger partial charge in [-0.15, -0.1) is 0 Å². The van der Waals surface area contributed by atoms with Gasteiger partial charge >= 0.3 is 5.97 Å². The molecule has 0 aliphatic heterocycles. The summed E-state index contributed by atoms with van der Waals surface area (Å²) < 4.78 is 2.01. The van der Waals surface area contributed by atoms with Gasteiger partial charge in [-0.25, -0.2) is 9.97 Å². The zero-order valence-electron chi connectivity index (χ0n) is 14.5. The lowest BCUT2D eigenvalue weighted by molar-refractivity contribution is -0.139. The lowest BCUT2D eigenvalue weighted by atomic mass is 9.85. The van der Waals surface area contributed by atoms with Gasteiger partial charge in [0.25, 0.3) is 0 Å². The highest BCUT2D eigenvalue weighted by atomic mass is 35.5. The second-order valence-corrected chi connectivity index (χ2v) is 8.02. The maximum atomic E-state index is 11.2. The van der Waals surface area contributed by atoms with Crippen molar-refractivity contribution in [3.05, 3.63) is 58.0 Å². The summed E-state index contributed by atoms with van der Waals surface area (Å²) in [7, 11) is 0. The molecule has 0 unspecified atom stereocenters. The number of aromatic nitrogens is 3. The average Bonchev–Trinajstić information content (AvgIpc) is 2.84. The van der Waals surface area contributed by atoms with Gasteiger partial charge < -0.3 is 9.67 Å². The van der Waals surface area contributed by atoms with Crippen LogP contribution in [0.4, 0.5) is 0 Å². The Balaban J connectivity index is 2.03. The second kappa shape index (κ2) is 7.25. The topological polar surface area (TPSA) is 68.0 Å². The van der Waals surface area contributed by atoms with E-state index in [4.69, 9.17) is 28.3 Å². The van der Waals surface area contributed by atoms with Crippen molar-refractivity contribution in [2.45, 2.75) is 33.2 Å². The first-order valence-corrected chi connectivity index (χ1v) is 8.96. The van der Waals surface area contributed by atoms with Gasteiger partial charge in [0, 0.05) is 17.6 Å². The standard InChI is InChI=1S/C19H19Cl2N3O2/c1-19(2,9-17(25)26)8-16-23-15-7-14(21)10-22-18(15)24(16)11-12-3-5-13(20)6-4-12/h3-7,10H,8-9,11H2,1-2H3,(H,25,26). The van der Waals surface area contributed by atoms with Gasteiger partial charge in [-0.1, -0.05) is 49.2 Å². The minimum Gasteiger partial charge on any atom is -0.481 e. The first-order valence-electron chi connectivity index (χ1n) is 8.20. The summed E-state index contributed by atoms with van der Waals surface area (Å²) in [6.07, 6.45) is 2.17. The van der Waals surface area contributed by atoms with E-state index in [-0.39, 0.29) is 6.42 Å². The molecule has 5 nitrogen and oxygen atoms in total. The number of carboxylic acid groups (broad SMARTS) is 1. The number of hydrogen-bond acceptors (Lipinski definition) is 3. The molecule has 0 bridgehead atoms. The van der Waals surface area contributed by atoms with E-state index in [9.17, 15) is 4.79 Å². The molecule has 0 spiro atoms. The van der Waals surface area contributed by atoms with Crippen molar-refractivity contribution in [3.63, 3.8) is 0 Å². The Hall–Kier alpha value is -2.11. The zero-order chi connectivity index (χ0) is 18.9. The van der Waals surface area contributed by atoms with Crippen LogP contribution in [0.1, 0.15) is 31.7 Å². The van der Waals surface area contributed by atoms with Crippen LogP contribution in [0, 0.1) is 5.41 Å². The molecule has 0 saturated heterocycles. The van der Waals surface area contributed by atoms with E-state index in [1.807, 2.05) is 42.7 Å². The van der Waals surface area contributed by atoms with E-state index in [1.54, 1.807) is 12.3 Å². The van der Waals surface area contributed by atoms with Crippen LogP contribution in [-0.2, 0) is 17.8 Å². The summed E-state index contributed by atoms with van der Waals surface area (Å²) in [4.78, 5) is 20.3. The zero-order valence-corrected chi connectivity index (χ0v) is 16.1. The summed E-state index contributed by atoms with van der Waals surface area (Å²) in [6, 6.07) is 9.37. The number of imidazole rings is 1. The molecule has 2 aromatic heterocycles. The van der Waals surface area contributed by atoms with E-state index < -0.39 is 11.4 Å². The maximum absolute atomic E-state index is 11.2. The number of halogens is 2. The number of rotatable bonds is 6. The number of nitrogens with zero attached hydrogens (tertiary/aromatic N) is 3. The Morgan fingerprint density at radius 3 is 2.54 bits per heavy atom. The largest absolute Gasteiger partial charge is 0.481 e. The molecule has 0 amide bonds. The van der Waals surface area contributed by atoms with Crippen LogP contribution < -0.4 is 0 Å². The predicted octanol–water partition coefficient (Wildman–Crippen LogP) is 4.83. The molecule has 0 aliphatic carbocycles. The fraction of sp³-hybridized carbons (Fsp3) is 0.316. The molecule has 7 heteroatoms. The van der Waals surface area contributed by atoms with Crippen molar-refractivity contribution in [2.75, 3.05) is 0 Å². The number of carbonyl (C=O) groups is 1. The van der Waals surface area contributed by atoms with Crippen LogP contribution in [0.5, 0.6) is 0 Å². The maximum Gasteiger partial charge on any atom is 0.303 e. The summed E-state index contributed by atoms with van der Waals surface area (Å²) in [6.45, 7) is 4.42. The third-order valence-corrected chi connectivity index (χ3v) is 4.61. The Morgan fingerprint density at radius 2 is 1.88 bits per heavy atom. The van der Waals surface area contributed by atoms with E-state index >= 15 is 0 Å². The molecule has 2 heterocycles. The monoisotopic (exact) mass is 391 g/mol. The molecule has 0 fully saturated rings. The quantitative estimate of drug-likeness (QED) is 0.653. The normalized spacial score (nSPS) is 11.8. The van der Waals surface area contributed by atoms with Crippen molar-refractivity contribution in [3.8, 4) is 0 Å². The third-order valence-electron chi connectivity index (χ3n) is 4.15. The molecule has 0 atom stereocenters. The SMILES string of the molecule is CC(C)(CC(=O)O)Cc1nc2cc(Cl)cnc2n1Cc1ccc(Cl)cc1. The summed E-state index contributed by atoms with van der Waals surface area (Å²) in [5.74, 6) is -0.0347. The van der Waals surface area contributed by atoms with Gasteiger partial charge in [-0.3, -0.25) is 4.79 Å². The fourth-order valence-electron chi connectivity index (χ4n) is 3.01. The van der Waals surface area contributed by atoms with Gasteiger partial charge in [-0.05, 0) is 29.2 Å². The number of fused-ring (bicyclic) bond motifs is 1. The lowest BCUT2D eigenvalue weighted by Gasteiger charge is -2.22. The van der Waals surface area contributed by atoms with Crippen LogP contribution in [0.3, 0.4) is 0 Å². The molecule has 26 heavy (non-hydrogen) atoms. The molecular formula is C19H19Cl2N3O2. The lowest BCUT2D eigenvalue weighted by Crippen LogP contribution is -2.22. The molecule has 3 aromatic rings. The fourth-order valence-corrected chi connectivity index (χ4v) is 3.28. The van der Waals surface area contributed by atoms with Crippen molar-refractivity contribution in [2.24, 2.45) is 5.41 Å². The van der Waals surface area contributed by atoms with Crippen LogP contribution >= 0.6 is 23.2 Å². The van der Waals surface area contributed by atoms with E-state index in [2.05, 4.69) is 9.97 Å². The Morgan fingerprint density at radius 1 is 1.19 bits per heavy atom. The Kier molecular flexibility index (Phi) is 5.21. The van der Waals surface area contributed by atoms with Crippen LogP contribution in [0.15, 0.2) is 36.5 Å². The molecule has 136 valence electrons. The summed E-state index contributed by atoms with van der Waals surface area (Å²) >= 11 is 12.0. The highest BCUT2D eigenvalue weighted by Gasteiger charge is 2.26. The van der Waals surface area contributed by atoms with E-state index in [0.717, 1.165) is 17.0 Å². The van der Waals surface area contributed by atoms with Crippen molar-refractivity contribution >= 4 is 40.3 Å². The number of hydrogen-bond donors (Lipinski definition) is 1. The van der Waals surface area contributed by atoms with Crippen molar-refractivity contribution < 1.29 is 9.90 Å². The highest BCUT2D eigenvalue weighted by Crippen LogP contribution is 2.28. The Labute approximate surface area is 161 Å². The van der Waals surface area contributed by atoms with Gasteiger partial charge in [0.15, 0.2) is 5.65 Å². The van der Waals surface area contributed by atoms with Crippen molar-refractivity contribution in [1.82, 2.24) is 14.5 Å². The predicted molar refractivity (Wildman–Crippen MR) is 103 cm³/mol. The third kappa shape index (κ3) is 4.34. The minimum atomic E-state index is -0.823. The molecular weight excluding hydrogens is 373 g/mol. The number of carboxylic acids is 1. The van der Waals surface area contributed by atoms with Crippen LogP contribution in [-0.4, -0.2) is 25.6 Å². The minimum absolute atomic E-state index is 0.0608. The smallest absolute Gasteiger partial charge is 0.303 e. The molecule has 0 aliphatic rings. The van der Waals surface area contributed by atoms with Crippen molar-refractivity contribution in [1.29, 1.82) is 0 Å². The van der Waals surface area contributed by atoms with Gasteiger partial charge in [0.05, 0.1) is 18.0 Å². The number of aliphatic carboxylic acids is 1. The van der Waals surface area contributed by atoms with Gasteiger partial charge in [0.2, 0.25) is 0 Å². The molecule has 3 rings (SSSR count). The molecule has 0 saturated carbocycles. The van der Waals surface area contributed by atoms with Crippen LogP contribution in [0.25, 0.3) is 11.2 Å². The van der Waals surface area contributed by atoms with Gasteiger partial charge in [0.1, 0.15) is 11.3 Å². The summed E-state index contributed by atoms with van der Waals surface area (Å²) in [5.41, 5.74) is 2.05. The highest BCUT2D eigenvalue weighted by molar-refractivity contribution is 6.31. The van der Waals surface area contributed by atoms with E-state index in [0.29, 0.717) is 28.5 Å². The molecule has 0 radical (unpaired) electrons.